The number of amides is 2. The van der Waals surface area contributed by atoms with Gasteiger partial charge in [0.1, 0.15) is 0 Å². The molecule has 2 amide bonds. The van der Waals surface area contributed by atoms with Crippen molar-refractivity contribution in [3.8, 4) is 0 Å². The Kier molecular flexibility index (Phi) is 3.56. The van der Waals surface area contributed by atoms with Gasteiger partial charge in [-0.2, -0.15) is 0 Å². The van der Waals surface area contributed by atoms with Crippen LogP contribution < -0.4 is 4.90 Å². The van der Waals surface area contributed by atoms with Crippen molar-refractivity contribution < 1.29 is 4.79 Å². The minimum absolute atomic E-state index is 0.00270. The van der Waals surface area contributed by atoms with Crippen LogP contribution in [0.1, 0.15) is 0 Å². The van der Waals surface area contributed by atoms with Crippen molar-refractivity contribution >= 4 is 34.9 Å². The van der Waals surface area contributed by atoms with E-state index < -0.39 is 0 Å². The van der Waals surface area contributed by atoms with Crippen LogP contribution in [0.4, 0.5) is 10.5 Å². The number of anilines is 1. The molecule has 3 nitrogen and oxygen atoms in total. The summed E-state index contributed by atoms with van der Waals surface area (Å²) in [7, 11) is 0. The molecule has 1 aliphatic rings. The molecule has 1 heterocycles. The molecule has 0 radical (unpaired) electrons. The van der Waals surface area contributed by atoms with Crippen LogP contribution >= 0.6 is 23.2 Å². The monoisotopic (exact) mass is 258 g/mol. The summed E-state index contributed by atoms with van der Waals surface area (Å²) >= 11 is 11.5. The van der Waals surface area contributed by atoms with Crippen LogP contribution in [-0.2, 0) is 0 Å². The standard InChI is InChI=1S/C11H12Cl2N2O/c12-4-5-14-6-7-15(11(14)16)10-3-1-2-9(13)8-10/h1-3,8H,4-7H2. The predicted octanol–water partition coefficient (Wildman–Crippen LogP) is 2.82. The van der Waals surface area contributed by atoms with E-state index in [2.05, 4.69) is 0 Å². The molecule has 0 bridgehead atoms. The molecule has 2 rings (SSSR count). The van der Waals surface area contributed by atoms with E-state index in [0.717, 1.165) is 12.2 Å². The lowest BCUT2D eigenvalue weighted by Crippen LogP contribution is -2.32. The van der Waals surface area contributed by atoms with Gasteiger partial charge in [0.05, 0.1) is 0 Å². The molecule has 0 spiro atoms. The third-order valence-corrected chi connectivity index (χ3v) is 2.97. The Bertz CT molecular complexity index is 397. The maximum absolute atomic E-state index is 12.0. The van der Waals surface area contributed by atoms with Gasteiger partial charge >= 0.3 is 6.03 Å². The number of halogens is 2. The fourth-order valence-corrected chi connectivity index (χ4v) is 2.16. The van der Waals surface area contributed by atoms with Crippen molar-refractivity contribution in [2.75, 3.05) is 30.4 Å². The Labute approximate surface area is 105 Å². The first-order valence-corrected chi connectivity index (χ1v) is 6.01. The Balaban J connectivity index is 2.15. The van der Waals surface area contributed by atoms with Crippen molar-refractivity contribution in [2.45, 2.75) is 0 Å². The van der Waals surface area contributed by atoms with Gasteiger partial charge in [-0.05, 0) is 18.2 Å². The maximum Gasteiger partial charge on any atom is 0.324 e. The smallest absolute Gasteiger partial charge is 0.321 e. The molecule has 5 heteroatoms. The minimum Gasteiger partial charge on any atom is -0.321 e. The van der Waals surface area contributed by atoms with Crippen LogP contribution in [0.3, 0.4) is 0 Å². The fraction of sp³-hybridized carbons (Fsp3) is 0.364. The second-order valence-electron chi connectivity index (χ2n) is 3.59. The Morgan fingerprint density at radius 3 is 2.81 bits per heavy atom. The van der Waals surface area contributed by atoms with E-state index in [0.29, 0.717) is 24.0 Å². The molecule has 1 fully saturated rings. The molecule has 16 heavy (non-hydrogen) atoms. The molecule has 0 aliphatic carbocycles. The average Bonchev–Trinajstić information content (AvgIpc) is 2.61. The summed E-state index contributed by atoms with van der Waals surface area (Å²) in [6, 6.07) is 7.32. The van der Waals surface area contributed by atoms with E-state index in [1.54, 1.807) is 21.9 Å². The molecule has 0 unspecified atom stereocenters. The second kappa shape index (κ2) is 4.93. The highest BCUT2D eigenvalue weighted by molar-refractivity contribution is 6.30. The van der Waals surface area contributed by atoms with Gasteiger partial charge in [-0.25, -0.2) is 4.79 Å². The van der Waals surface area contributed by atoms with Crippen LogP contribution in [0.5, 0.6) is 0 Å². The lowest BCUT2D eigenvalue weighted by atomic mass is 10.3. The Morgan fingerprint density at radius 1 is 1.31 bits per heavy atom. The van der Waals surface area contributed by atoms with Gasteiger partial charge in [-0.1, -0.05) is 17.7 Å². The van der Waals surface area contributed by atoms with Crippen LogP contribution in [-0.4, -0.2) is 36.4 Å². The number of hydrogen-bond donors (Lipinski definition) is 0. The summed E-state index contributed by atoms with van der Waals surface area (Å²) in [6.45, 7) is 2.01. The molecule has 1 aromatic rings. The summed E-state index contributed by atoms with van der Waals surface area (Å²) in [5, 5.41) is 0.640. The number of carbonyl (C=O) groups is 1. The summed E-state index contributed by atoms with van der Waals surface area (Å²) in [6.07, 6.45) is 0. The molecule has 0 atom stereocenters. The number of benzene rings is 1. The van der Waals surface area contributed by atoms with Crippen LogP contribution in [0, 0.1) is 0 Å². The first kappa shape index (κ1) is 11.6. The van der Waals surface area contributed by atoms with Gasteiger partial charge in [0.25, 0.3) is 0 Å². The molecule has 86 valence electrons. The highest BCUT2D eigenvalue weighted by Gasteiger charge is 2.28. The summed E-state index contributed by atoms with van der Waals surface area (Å²) in [4.78, 5) is 15.4. The topological polar surface area (TPSA) is 23.6 Å². The number of carbonyl (C=O) groups excluding carboxylic acids is 1. The number of urea groups is 1. The van der Waals surface area contributed by atoms with E-state index in [4.69, 9.17) is 23.2 Å². The second-order valence-corrected chi connectivity index (χ2v) is 4.40. The van der Waals surface area contributed by atoms with E-state index in [1.165, 1.54) is 0 Å². The highest BCUT2D eigenvalue weighted by atomic mass is 35.5. The predicted molar refractivity (Wildman–Crippen MR) is 66.5 cm³/mol. The zero-order valence-corrected chi connectivity index (χ0v) is 10.2. The summed E-state index contributed by atoms with van der Waals surface area (Å²) < 4.78 is 0. The largest absolute Gasteiger partial charge is 0.324 e. The molecule has 1 aliphatic heterocycles. The van der Waals surface area contributed by atoms with Crippen LogP contribution in [0.25, 0.3) is 0 Å². The lowest BCUT2D eigenvalue weighted by Gasteiger charge is -2.17. The first-order valence-electron chi connectivity index (χ1n) is 5.10. The summed E-state index contributed by atoms with van der Waals surface area (Å²) in [5.74, 6) is 0.467. The zero-order valence-electron chi connectivity index (χ0n) is 8.70. The SMILES string of the molecule is O=C1N(CCCl)CCN1c1cccc(Cl)c1. The van der Waals surface area contributed by atoms with Crippen LogP contribution in [0.2, 0.25) is 5.02 Å². The number of hydrogen-bond acceptors (Lipinski definition) is 1. The van der Waals surface area contributed by atoms with Gasteiger partial charge in [0.2, 0.25) is 0 Å². The summed E-state index contributed by atoms with van der Waals surface area (Å²) in [5.41, 5.74) is 0.842. The fourth-order valence-electron chi connectivity index (χ4n) is 1.78. The van der Waals surface area contributed by atoms with E-state index >= 15 is 0 Å². The molecule has 0 aromatic heterocycles. The van der Waals surface area contributed by atoms with E-state index in [-0.39, 0.29) is 6.03 Å². The van der Waals surface area contributed by atoms with Crippen molar-refractivity contribution in [1.82, 2.24) is 4.90 Å². The average molecular weight is 259 g/mol. The van der Waals surface area contributed by atoms with Crippen molar-refractivity contribution in [3.63, 3.8) is 0 Å². The Morgan fingerprint density at radius 2 is 2.12 bits per heavy atom. The van der Waals surface area contributed by atoms with E-state index in [1.807, 2.05) is 12.1 Å². The third kappa shape index (κ3) is 2.25. The molecule has 1 saturated heterocycles. The molecule has 0 saturated carbocycles. The normalized spacial score (nSPS) is 16.0. The minimum atomic E-state index is 0.00270. The van der Waals surface area contributed by atoms with E-state index in [9.17, 15) is 4.79 Å². The lowest BCUT2D eigenvalue weighted by molar-refractivity contribution is 0.223. The van der Waals surface area contributed by atoms with Crippen molar-refractivity contribution in [3.05, 3.63) is 29.3 Å². The van der Waals surface area contributed by atoms with Crippen LogP contribution in [0.15, 0.2) is 24.3 Å². The van der Waals surface area contributed by atoms with Gasteiger partial charge in [0.15, 0.2) is 0 Å². The molecule has 0 N–H and O–H groups in total. The molecule has 1 aromatic carbocycles. The van der Waals surface area contributed by atoms with Gasteiger partial charge in [0, 0.05) is 36.2 Å². The van der Waals surface area contributed by atoms with Gasteiger partial charge < -0.3 is 4.90 Å². The Hall–Kier alpha value is -0.930. The number of rotatable bonds is 3. The van der Waals surface area contributed by atoms with Gasteiger partial charge in [-0.15, -0.1) is 11.6 Å². The first-order chi connectivity index (χ1) is 7.72. The highest BCUT2D eigenvalue weighted by Crippen LogP contribution is 2.23. The van der Waals surface area contributed by atoms with Crippen molar-refractivity contribution in [2.24, 2.45) is 0 Å². The molecular formula is C11H12Cl2N2O. The molecular weight excluding hydrogens is 247 g/mol. The maximum atomic E-state index is 12.0. The van der Waals surface area contributed by atoms with Gasteiger partial charge in [-0.3, -0.25) is 4.90 Å². The number of nitrogens with zero attached hydrogens (tertiary/aromatic N) is 2. The third-order valence-electron chi connectivity index (χ3n) is 2.57. The number of alkyl halides is 1. The van der Waals surface area contributed by atoms with Crippen molar-refractivity contribution in [1.29, 1.82) is 0 Å². The quantitative estimate of drug-likeness (QED) is 0.765. The zero-order chi connectivity index (χ0) is 11.5.